The van der Waals surface area contributed by atoms with Crippen molar-refractivity contribution in [3.63, 3.8) is 0 Å². The van der Waals surface area contributed by atoms with Gasteiger partial charge in [-0.05, 0) is 91.5 Å². The Balaban J connectivity index is 1.44. The number of phenolic OH excluding ortho intramolecular Hbond substituents is 1. The summed E-state index contributed by atoms with van der Waals surface area (Å²) in [5.41, 5.74) is 4.34. The fourth-order valence-corrected chi connectivity index (χ4v) is 4.74. The Morgan fingerprint density at radius 1 is 1.19 bits per heavy atom. The lowest BCUT2D eigenvalue weighted by atomic mass is 9.95. The number of hydrazone groups is 1. The maximum absolute atomic E-state index is 12.3. The van der Waals surface area contributed by atoms with E-state index >= 15 is 0 Å². The quantitative estimate of drug-likeness (QED) is 0.205. The van der Waals surface area contributed by atoms with Crippen LogP contribution in [0.5, 0.6) is 5.75 Å². The number of carbonyl (C=O) groups is 1. The maximum atomic E-state index is 12.3. The zero-order valence-corrected chi connectivity index (χ0v) is 19.1. The van der Waals surface area contributed by atoms with Crippen LogP contribution in [0.1, 0.15) is 43.7 Å². The highest BCUT2D eigenvalue weighted by molar-refractivity contribution is 7.99. The second-order valence-electron chi connectivity index (χ2n) is 7.70. The molecule has 0 spiro atoms. The lowest BCUT2D eigenvalue weighted by Crippen LogP contribution is -2.43. The van der Waals surface area contributed by atoms with Crippen molar-refractivity contribution in [2.75, 3.05) is 5.75 Å². The van der Waals surface area contributed by atoms with Gasteiger partial charge in [0.15, 0.2) is 0 Å². The predicted molar refractivity (Wildman–Crippen MR) is 126 cm³/mol. The summed E-state index contributed by atoms with van der Waals surface area (Å²) in [6.45, 7) is 0. The molecule has 1 saturated carbocycles. The van der Waals surface area contributed by atoms with Crippen molar-refractivity contribution in [1.82, 2.24) is 15.6 Å². The normalized spacial score (nSPS) is 14.7. The first kappa shape index (κ1) is 22.4. The number of rotatable bonds is 7. The highest BCUT2D eigenvalue weighted by Gasteiger charge is 2.30. The molecule has 1 fully saturated rings. The molecular weight excluding hydrogens is 446 g/mol. The highest BCUT2D eigenvalue weighted by Crippen LogP contribution is 2.29. The largest absolute Gasteiger partial charge is 0.508 e. The molecular formula is C23H25ClN5O2S+. The number of thioether (sulfide) groups is 1. The fraction of sp³-hybridized carbons (Fsp3) is 0.304. The molecule has 9 heteroatoms. The first-order chi connectivity index (χ1) is 15.6. The van der Waals surface area contributed by atoms with Crippen molar-refractivity contribution in [1.29, 1.82) is 0 Å². The van der Waals surface area contributed by atoms with Crippen LogP contribution < -0.4 is 9.99 Å². The standard InChI is InChI=1S/C23H24ClN5O2S/c24-18-10-8-17(9-11-18)22-27-28-23(29(22)19-4-2-1-3-5-19)32-15-21(31)26-25-14-16-6-12-20(30)13-7-16/h6-14,19H,1-5,15H2,(H2,25,26,30,31)/p+1. The van der Waals surface area contributed by atoms with E-state index in [1.54, 1.807) is 24.3 Å². The molecule has 1 aromatic heterocycles. The zero-order valence-electron chi connectivity index (χ0n) is 17.5. The van der Waals surface area contributed by atoms with Gasteiger partial charge in [-0.25, -0.2) is 9.99 Å². The molecule has 3 N–H and O–H groups in total. The van der Waals surface area contributed by atoms with E-state index in [-0.39, 0.29) is 17.4 Å². The van der Waals surface area contributed by atoms with E-state index in [9.17, 15) is 9.90 Å². The van der Waals surface area contributed by atoms with Crippen LogP contribution >= 0.6 is 23.4 Å². The molecule has 166 valence electrons. The Morgan fingerprint density at radius 3 is 2.62 bits per heavy atom. The lowest BCUT2D eigenvalue weighted by Gasteiger charge is -2.21. The van der Waals surface area contributed by atoms with Crippen molar-refractivity contribution >= 4 is 35.5 Å². The Hall–Kier alpha value is -2.84. The van der Waals surface area contributed by atoms with E-state index in [1.807, 2.05) is 24.3 Å². The molecule has 3 aromatic rings. The summed E-state index contributed by atoms with van der Waals surface area (Å²) in [5.74, 6) is 1.11. The number of phenols is 1. The number of aromatic nitrogens is 3. The van der Waals surface area contributed by atoms with Gasteiger partial charge in [-0.2, -0.15) is 5.10 Å². The molecule has 0 aliphatic heterocycles. The van der Waals surface area contributed by atoms with Crippen LogP contribution in [0.15, 0.2) is 58.8 Å². The van der Waals surface area contributed by atoms with Gasteiger partial charge < -0.3 is 5.11 Å². The monoisotopic (exact) mass is 470 g/mol. The van der Waals surface area contributed by atoms with E-state index < -0.39 is 0 Å². The third-order valence-electron chi connectivity index (χ3n) is 5.39. The van der Waals surface area contributed by atoms with Crippen LogP contribution in [-0.4, -0.2) is 33.2 Å². The van der Waals surface area contributed by atoms with Gasteiger partial charge in [0.05, 0.1) is 28.7 Å². The zero-order chi connectivity index (χ0) is 22.3. The molecule has 0 saturated heterocycles. The summed E-state index contributed by atoms with van der Waals surface area (Å²) in [7, 11) is 0. The number of H-pyrrole nitrogens is 1. The fourth-order valence-electron chi connectivity index (χ4n) is 3.80. The van der Waals surface area contributed by atoms with Crippen molar-refractivity contribution < 1.29 is 14.5 Å². The number of benzene rings is 2. The van der Waals surface area contributed by atoms with E-state index in [2.05, 4.69) is 25.3 Å². The molecule has 0 bridgehead atoms. The minimum absolute atomic E-state index is 0.186. The molecule has 1 aliphatic carbocycles. The first-order valence-electron chi connectivity index (χ1n) is 10.6. The second kappa shape index (κ2) is 10.7. The summed E-state index contributed by atoms with van der Waals surface area (Å²) in [6, 6.07) is 14.6. The lowest BCUT2D eigenvalue weighted by molar-refractivity contribution is -0.749. The van der Waals surface area contributed by atoms with Crippen molar-refractivity contribution in [3.05, 3.63) is 59.1 Å². The molecule has 1 aliphatic rings. The molecule has 2 aromatic carbocycles. The molecule has 7 nitrogen and oxygen atoms in total. The third kappa shape index (κ3) is 5.69. The van der Waals surface area contributed by atoms with Crippen LogP contribution in [0.2, 0.25) is 5.02 Å². The van der Waals surface area contributed by atoms with Gasteiger partial charge in [0.25, 0.3) is 11.7 Å². The minimum atomic E-state index is -0.212. The average molecular weight is 471 g/mol. The van der Waals surface area contributed by atoms with Crippen LogP contribution in [0.25, 0.3) is 11.4 Å². The van der Waals surface area contributed by atoms with Gasteiger partial charge in [0.1, 0.15) is 5.75 Å². The number of carbonyl (C=O) groups excluding carboxylic acids is 1. The number of hydrogen-bond donors (Lipinski definition) is 3. The summed E-state index contributed by atoms with van der Waals surface area (Å²) in [4.78, 5) is 12.3. The summed E-state index contributed by atoms with van der Waals surface area (Å²) in [6.07, 6.45) is 7.38. The number of aromatic amines is 1. The van der Waals surface area contributed by atoms with Gasteiger partial charge in [0.2, 0.25) is 0 Å². The number of nitrogens with zero attached hydrogens (tertiary/aromatic N) is 3. The highest BCUT2D eigenvalue weighted by atomic mass is 35.5. The molecule has 0 unspecified atom stereocenters. The molecule has 0 radical (unpaired) electrons. The van der Waals surface area contributed by atoms with Gasteiger partial charge in [-0.1, -0.05) is 18.0 Å². The smallest absolute Gasteiger partial charge is 0.337 e. The average Bonchev–Trinajstić information content (AvgIpc) is 3.24. The Morgan fingerprint density at radius 2 is 1.91 bits per heavy atom. The summed E-state index contributed by atoms with van der Waals surface area (Å²) < 4.78 is 2.24. The van der Waals surface area contributed by atoms with E-state index in [0.717, 1.165) is 34.9 Å². The number of hydrogen-bond acceptors (Lipinski definition) is 5. The van der Waals surface area contributed by atoms with Gasteiger partial charge in [0, 0.05) is 5.02 Å². The Kier molecular flexibility index (Phi) is 7.44. The summed E-state index contributed by atoms with van der Waals surface area (Å²) >= 11 is 7.45. The molecule has 0 atom stereocenters. The summed E-state index contributed by atoms with van der Waals surface area (Å²) in [5, 5.41) is 22.5. The number of amides is 1. The molecule has 32 heavy (non-hydrogen) atoms. The topological polar surface area (TPSA) is 94.3 Å². The van der Waals surface area contributed by atoms with Crippen molar-refractivity contribution in [3.8, 4) is 17.1 Å². The third-order valence-corrected chi connectivity index (χ3v) is 6.59. The van der Waals surface area contributed by atoms with Crippen LogP contribution in [-0.2, 0) is 4.79 Å². The van der Waals surface area contributed by atoms with Crippen LogP contribution in [0.3, 0.4) is 0 Å². The van der Waals surface area contributed by atoms with Crippen LogP contribution in [0.4, 0.5) is 0 Å². The van der Waals surface area contributed by atoms with E-state index in [0.29, 0.717) is 11.1 Å². The van der Waals surface area contributed by atoms with Crippen molar-refractivity contribution in [2.45, 2.75) is 43.3 Å². The molecule has 1 amide bonds. The second-order valence-corrected chi connectivity index (χ2v) is 9.08. The van der Waals surface area contributed by atoms with Gasteiger partial charge >= 0.3 is 5.16 Å². The Bertz CT molecular complexity index is 1080. The number of halogens is 1. The predicted octanol–water partition coefficient (Wildman–Crippen LogP) is 4.47. The maximum Gasteiger partial charge on any atom is 0.337 e. The Labute approximate surface area is 195 Å². The first-order valence-corrected chi connectivity index (χ1v) is 12.0. The van der Waals surface area contributed by atoms with Gasteiger partial charge in [-0.15, -0.1) is 5.10 Å². The van der Waals surface area contributed by atoms with E-state index in [4.69, 9.17) is 11.6 Å². The number of nitrogens with one attached hydrogen (secondary N) is 2. The molecule has 1 heterocycles. The van der Waals surface area contributed by atoms with Crippen LogP contribution in [0, 0.1) is 0 Å². The SMILES string of the molecule is O=C(CSc1n[nH]c(-c2ccc(Cl)cc2)[n+]1C1CCCCC1)N/N=C/c1ccc(O)cc1. The van der Waals surface area contributed by atoms with E-state index in [1.165, 1.54) is 37.2 Å². The molecule has 4 rings (SSSR count). The number of aromatic hydroxyl groups is 1. The van der Waals surface area contributed by atoms with Gasteiger partial charge in [-0.3, -0.25) is 4.79 Å². The minimum Gasteiger partial charge on any atom is -0.508 e. The van der Waals surface area contributed by atoms with Crippen molar-refractivity contribution in [2.24, 2.45) is 5.10 Å².